The van der Waals surface area contributed by atoms with Crippen LogP contribution >= 0.6 is 0 Å². The molecule has 13 heavy (non-hydrogen) atoms. The van der Waals surface area contributed by atoms with Crippen molar-refractivity contribution in [2.45, 2.75) is 0 Å². The first kappa shape index (κ1) is 8.73. The summed E-state index contributed by atoms with van der Waals surface area (Å²) in [6.45, 7) is 0. The molecule has 7 heteroatoms. The average Bonchev–Trinajstić information content (AvgIpc) is 2.04. The maximum atomic E-state index is 11.0. The Bertz CT molecular complexity index is 381. The quantitative estimate of drug-likeness (QED) is 0.367. The van der Waals surface area contributed by atoms with Crippen LogP contribution in [0, 0.1) is 11.5 Å². The summed E-state index contributed by atoms with van der Waals surface area (Å²) >= 11 is 0. The number of nitrogen functional groups attached to an aromatic ring is 2. The number of hydrogen-bond acceptors (Lipinski definition) is 6. The van der Waals surface area contributed by atoms with Gasteiger partial charge in [0.25, 0.3) is 5.91 Å². The van der Waals surface area contributed by atoms with E-state index in [2.05, 4.69) is 9.97 Å². The van der Waals surface area contributed by atoms with Gasteiger partial charge in [0.2, 0.25) is 5.95 Å². The van der Waals surface area contributed by atoms with Crippen molar-refractivity contribution in [1.82, 2.24) is 15.3 Å². The van der Waals surface area contributed by atoms with Crippen LogP contribution < -0.4 is 16.8 Å². The normalized spacial score (nSPS) is 8.85. The molecule has 0 aromatic carbocycles. The molecule has 1 aromatic heterocycles. The van der Waals surface area contributed by atoms with E-state index in [0.717, 1.165) is 6.20 Å². The minimum Gasteiger partial charge on any atom is -0.383 e. The van der Waals surface area contributed by atoms with Gasteiger partial charge in [0, 0.05) is 6.20 Å². The molecule has 1 heterocycles. The third kappa shape index (κ3) is 1.81. The molecule has 1 rings (SSSR count). The molecule has 0 aliphatic rings. The number of nitriles is 1. The van der Waals surface area contributed by atoms with Crippen molar-refractivity contribution in [2.24, 2.45) is 0 Å². The molecule has 0 spiro atoms. The summed E-state index contributed by atoms with van der Waals surface area (Å²) in [5.74, 6) is -0.730. The highest BCUT2D eigenvalue weighted by Gasteiger charge is 2.10. The maximum Gasteiger partial charge on any atom is 0.269 e. The summed E-state index contributed by atoms with van der Waals surface area (Å²) < 4.78 is 0. The third-order valence-corrected chi connectivity index (χ3v) is 1.25. The standard InChI is InChI=1S/C6H6N6O/c7-2-11-5(13)3-1-10-6(9)12-4(3)8/h1H,(H,11,13)(H4,8,9,10,12). The first-order valence-corrected chi connectivity index (χ1v) is 3.22. The van der Waals surface area contributed by atoms with Crippen molar-refractivity contribution >= 4 is 17.7 Å². The van der Waals surface area contributed by atoms with Gasteiger partial charge in [-0.05, 0) is 0 Å². The molecule has 0 saturated heterocycles. The second-order valence-electron chi connectivity index (χ2n) is 2.09. The molecule has 66 valence electrons. The predicted octanol–water partition coefficient (Wildman–Crippen LogP) is -1.15. The van der Waals surface area contributed by atoms with Crippen LogP contribution in [-0.4, -0.2) is 15.9 Å². The van der Waals surface area contributed by atoms with Crippen molar-refractivity contribution in [2.75, 3.05) is 11.5 Å². The van der Waals surface area contributed by atoms with E-state index >= 15 is 0 Å². The number of amides is 1. The van der Waals surface area contributed by atoms with Crippen molar-refractivity contribution in [1.29, 1.82) is 5.26 Å². The smallest absolute Gasteiger partial charge is 0.269 e. The molecule has 5 N–H and O–H groups in total. The molecular formula is C6H6N6O. The van der Waals surface area contributed by atoms with Crippen LogP contribution in [0.25, 0.3) is 0 Å². The second-order valence-corrected chi connectivity index (χ2v) is 2.09. The zero-order chi connectivity index (χ0) is 9.84. The van der Waals surface area contributed by atoms with Crippen LogP contribution in [0.15, 0.2) is 6.20 Å². The predicted molar refractivity (Wildman–Crippen MR) is 43.9 cm³/mol. The fourth-order valence-corrected chi connectivity index (χ4v) is 0.702. The zero-order valence-electron chi connectivity index (χ0n) is 6.48. The Morgan fingerprint density at radius 1 is 1.62 bits per heavy atom. The highest BCUT2D eigenvalue weighted by molar-refractivity contribution is 5.98. The van der Waals surface area contributed by atoms with Crippen molar-refractivity contribution in [3.05, 3.63) is 11.8 Å². The van der Waals surface area contributed by atoms with E-state index in [1.807, 2.05) is 5.32 Å². The molecule has 1 aromatic rings. The lowest BCUT2D eigenvalue weighted by Gasteiger charge is -2.00. The zero-order valence-corrected chi connectivity index (χ0v) is 6.48. The molecular weight excluding hydrogens is 172 g/mol. The SMILES string of the molecule is N#CNC(=O)c1cnc(N)nc1N. The first-order valence-electron chi connectivity index (χ1n) is 3.22. The summed E-state index contributed by atoms with van der Waals surface area (Å²) in [4.78, 5) is 18.2. The molecule has 0 saturated carbocycles. The number of anilines is 2. The van der Waals surface area contributed by atoms with Gasteiger partial charge in [0.05, 0.1) is 0 Å². The first-order chi connectivity index (χ1) is 6.15. The van der Waals surface area contributed by atoms with Crippen LogP contribution in [0.1, 0.15) is 10.4 Å². The highest BCUT2D eigenvalue weighted by atomic mass is 16.1. The lowest BCUT2D eigenvalue weighted by Crippen LogP contribution is -2.20. The highest BCUT2D eigenvalue weighted by Crippen LogP contribution is 2.07. The summed E-state index contributed by atoms with van der Waals surface area (Å²) in [5, 5.41) is 10.0. The number of aromatic nitrogens is 2. The number of carbonyl (C=O) groups is 1. The van der Waals surface area contributed by atoms with Crippen molar-refractivity contribution < 1.29 is 4.79 Å². The van der Waals surface area contributed by atoms with E-state index in [-0.39, 0.29) is 17.3 Å². The molecule has 0 aliphatic carbocycles. The number of hydrogen-bond donors (Lipinski definition) is 3. The Labute approximate surface area is 73.4 Å². The maximum absolute atomic E-state index is 11.0. The van der Waals surface area contributed by atoms with E-state index in [4.69, 9.17) is 16.7 Å². The molecule has 0 unspecified atom stereocenters. The molecule has 0 radical (unpaired) electrons. The van der Waals surface area contributed by atoms with Crippen molar-refractivity contribution in [3.63, 3.8) is 0 Å². The lowest BCUT2D eigenvalue weighted by atomic mass is 10.3. The van der Waals surface area contributed by atoms with E-state index in [1.165, 1.54) is 6.19 Å². The minimum atomic E-state index is -0.653. The largest absolute Gasteiger partial charge is 0.383 e. The average molecular weight is 178 g/mol. The van der Waals surface area contributed by atoms with E-state index < -0.39 is 5.91 Å². The summed E-state index contributed by atoms with van der Waals surface area (Å²) in [6.07, 6.45) is 2.62. The Kier molecular flexibility index (Phi) is 2.26. The van der Waals surface area contributed by atoms with Crippen LogP contribution in [0.5, 0.6) is 0 Å². The van der Waals surface area contributed by atoms with Gasteiger partial charge >= 0.3 is 0 Å². The van der Waals surface area contributed by atoms with Crippen LogP contribution in [0.4, 0.5) is 11.8 Å². The topological polar surface area (TPSA) is 131 Å². The Morgan fingerprint density at radius 2 is 2.31 bits per heavy atom. The van der Waals surface area contributed by atoms with Crippen molar-refractivity contribution in [3.8, 4) is 6.19 Å². The van der Waals surface area contributed by atoms with Gasteiger partial charge in [-0.1, -0.05) is 0 Å². The summed E-state index contributed by atoms with van der Waals surface area (Å²) in [6, 6.07) is 0. The summed E-state index contributed by atoms with van der Waals surface area (Å²) in [7, 11) is 0. The van der Waals surface area contributed by atoms with Gasteiger partial charge in [0.1, 0.15) is 11.4 Å². The van der Waals surface area contributed by atoms with E-state index in [9.17, 15) is 4.79 Å². The third-order valence-electron chi connectivity index (χ3n) is 1.25. The van der Waals surface area contributed by atoms with E-state index in [1.54, 1.807) is 0 Å². The summed E-state index contributed by atoms with van der Waals surface area (Å²) in [5.41, 5.74) is 10.6. The van der Waals surface area contributed by atoms with E-state index in [0.29, 0.717) is 0 Å². The molecule has 7 nitrogen and oxygen atoms in total. The number of nitrogens with one attached hydrogen (secondary N) is 1. The number of nitrogens with zero attached hydrogens (tertiary/aromatic N) is 3. The number of rotatable bonds is 1. The molecule has 0 atom stereocenters. The monoisotopic (exact) mass is 178 g/mol. The van der Waals surface area contributed by atoms with Gasteiger partial charge in [-0.3, -0.25) is 10.1 Å². The Hall–Kier alpha value is -2.36. The molecule has 0 aliphatic heterocycles. The Balaban J connectivity index is 3.03. The van der Waals surface area contributed by atoms with Gasteiger partial charge < -0.3 is 11.5 Å². The fourth-order valence-electron chi connectivity index (χ4n) is 0.702. The Morgan fingerprint density at radius 3 is 2.85 bits per heavy atom. The molecule has 0 bridgehead atoms. The van der Waals surface area contributed by atoms with Gasteiger partial charge in [-0.15, -0.1) is 0 Å². The van der Waals surface area contributed by atoms with Crippen LogP contribution in [0.3, 0.4) is 0 Å². The lowest BCUT2D eigenvalue weighted by molar-refractivity contribution is 0.0973. The van der Waals surface area contributed by atoms with Crippen LogP contribution in [-0.2, 0) is 0 Å². The van der Waals surface area contributed by atoms with Gasteiger partial charge in [-0.2, -0.15) is 10.2 Å². The second kappa shape index (κ2) is 3.36. The molecule has 1 amide bonds. The fraction of sp³-hybridized carbons (Fsp3) is 0. The number of carbonyl (C=O) groups excluding carboxylic acids is 1. The van der Waals surface area contributed by atoms with Gasteiger partial charge in [-0.25, -0.2) is 4.98 Å². The van der Waals surface area contributed by atoms with Gasteiger partial charge in [0.15, 0.2) is 6.19 Å². The van der Waals surface area contributed by atoms with Crippen LogP contribution in [0.2, 0.25) is 0 Å². The number of nitrogens with two attached hydrogens (primary N) is 2. The molecule has 0 fully saturated rings. The minimum absolute atomic E-state index is 0.0222.